The standard InChI is InChI=1S/C34H30N4O6/c39-25-10-6-7-22(19-25)20-28(36-34(43)44-26-14-12-24(13-15-26)23-8-2-1-3-9-23)33(42)37-18-16-29-31(37)30(40)21-38(29)32(41)27-11-4-5-17-35-27/h1-15,17,19,28-29,31,39H,16,18,20-21H2,(H,36,43). The molecule has 6 rings (SSSR count). The lowest BCUT2D eigenvalue weighted by atomic mass is 10.0. The highest BCUT2D eigenvalue weighted by Crippen LogP contribution is 2.31. The van der Waals surface area contributed by atoms with Crippen molar-refractivity contribution in [1.82, 2.24) is 20.1 Å². The number of hydrogen-bond donors (Lipinski definition) is 2. The lowest BCUT2D eigenvalue weighted by molar-refractivity contribution is -0.138. The van der Waals surface area contributed by atoms with E-state index < -0.39 is 30.1 Å². The lowest BCUT2D eigenvalue weighted by Crippen LogP contribution is -2.53. The largest absolute Gasteiger partial charge is 0.508 e. The van der Waals surface area contributed by atoms with Crippen molar-refractivity contribution in [2.24, 2.45) is 0 Å². The number of benzene rings is 3. The zero-order valence-corrected chi connectivity index (χ0v) is 23.7. The minimum atomic E-state index is -1.10. The third-order valence-corrected chi connectivity index (χ3v) is 7.96. The number of phenols is 1. The van der Waals surface area contributed by atoms with Crippen molar-refractivity contribution < 1.29 is 29.0 Å². The van der Waals surface area contributed by atoms with E-state index in [9.17, 15) is 24.3 Å². The number of Topliss-reactive ketones (excluding diaryl/α,β-unsaturated/α-hetero) is 1. The molecule has 2 N–H and O–H groups in total. The fourth-order valence-electron chi connectivity index (χ4n) is 5.92. The first-order valence-electron chi connectivity index (χ1n) is 14.3. The Morgan fingerprint density at radius 2 is 1.66 bits per heavy atom. The number of nitrogens with one attached hydrogen (secondary N) is 1. The van der Waals surface area contributed by atoms with E-state index >= 15 is 0 Å². The van der Waals surface area contributed by atoms with Crippen LogP contribution in [0.4, 0.5) is 4.79 Å². The van der Waals surface area contributed by atoms with Crippen LogP contribution in [0.3, 0.4) is 0 Å². The number of rotatable bonds is 7. The molecule has 2 fully saturated rings. The molecule has 4 aromatic rings. The van der Waals surface area contributed by atoms with Crippen molar-refractivity contribution in [3.05, 3.63) is 115 Å². The van der Waals surface area contributed by atoms with Gasteiger partial charge in [-0.15, -0.1) is 0 Å². The highest BCUT2D eigenvalue weighted by atomic mass is 16.6. The predicted octanol–water partition coefficient (Wildman–Crippen LogP) is 3.85. The Labute approximate surface area is 253 Å². The molecule has 0 radical (unpaired) electrons. The predicted molar refractivity (Wildman–Crippen MR) is 161 cm³/mol. The molecule has 1 aromatic heterocycles. The Kier molecular flexibility index (Phi) is 8.05. The minimum Gasteiger partial charge on any atom is -0.508 e. The van der Waals surface area contributed by atoms with Gasteiger partial charge in [0.15, 0.2) is 5.78 Å². The van der Waals surface area contributed by atoms with E-state index in [0.717, 1.165) is 11.1 Å². The fraction of sp³-hybridized carbons (Fsp3) is 0.206. The minimum absolute atomic E-state index is 0.0191. The number of carbonyl (C=O) groups excluding carboxylic acids is 4. The average Bonchev–Trinajstić information content (AvgIpc) is 3.62. The summed E-state index contributed by atoms with van der Waals surface area (Å²) in [7, 11) is 0. The van der Waals surface area contributed by atoms with E-state index in [0.29, 0.717) is 17.7 Å². The first-order chi connectivity index (χ1) is 21.4. The van der Waals surface area contributed by atoms with Crippen molar-refractivity contribution in [3.63, 3.8) is 0 Å². The van der Waals surface area contributed by atoms with Crippen LogP contribution in [-0.2, 0) is 16.0 Å². The normalized spacial score (nSPS) is 18.0. The summed E-state index contributed by atoms with van der Waals surface area (Å²) in [6.45, 7) is 0.111. The molecule has 10 nitrogen and oxygen atoms in total. The Balaban J connectivity index is 1.18. The number of carbonyl (C=O) groups is 4. The number of amides is 3. The summed E-state index contributed by atoms with van der Waals surface area (Å²) in [5.74, 6) is -0.774. The first-order valence-corrected chi connectivity index (χ1v) is 14.3. The maximum atomic E-state index is 14.0. The Morgan fingerprint density at radius 3 is 2.39 bits per heavy atom. The number of aromatic hydroxyl groups is 1. The zero-order chi connectivity index (χ0) is 30.6. The third-order valence-electron chi connectivity index (χ3n) is 7.96. The molecule has 0 spiro atoms. The monoisotopic (exact) mass is 590 g/mol. The van der Waals surface area contributed by atoms with Gasteiger partial charge in [-0.3, -0.25) is 19.4 Å². The number of likely N-dealkylation sites (tertiary alicyclic amines) is 2. The Morgan fingerprint density at radius 1 is 0.909 bits per heavy atom. The van der Waals surface area contributed by atoms with Gasteiger partial charge in [-0.25, -0.2) is 4.79 Å². The summed E-state index contributed by atoms with van der Waals surface area (Å²) in [5.41, 5.74) is 2.81. The number of aromatic nitrogens is 1. The molecule has 3 heterocycles. The highest BCUT2D eigenvalue weighted by molar-refractivity contribution is 6.02. The number of ketones is 1. The molecule has 222 valence electrons. The van der Waals surface area contributed by atoms with Gasteiger partial charge in [0.05, 0.1) is 12.6 Å². The molecule has 0 bridgehead atoms. The summed E-state index contributed by atoms with van der Waals surface area (Å²) < 4.78 is 5.52. The maximum Gasteiger partial charge on any atom is 0.413 e. The summed E-state index contributed by atoms with van der Waals surface area (Å²) in [6, 6.07) is 25.8. The van der Waals surface area contributed by atoms with Gasteiger partial charge in [0.25, 0.3) is 5.91 Å². The molecule has 3 aromatic carbocycles. The number of hydrogen-bond acceptors (Lipinski definition) is 7. The number of pyridine rings is 1. The average molecular weight is 591 g/mol. The van der Waals surface area contributed by atoms with Gasteiger partial charge in [-0.1, -0.05) is 60.7 Å². The molecule has 3 unspecified atom stereocenters. The molecule has 3 atom stereocenters. The van der Waals surface area contributed by atoms with E-state index in [1.807, 2.05) is 42.5 Å². The number of phenolic OH excluding ortho intramolecular Hbond substituents is 1. The first kappa shape index (κ1) is 28.6. The number of fused-ring (bicyclic) bond motifs is 1. The summed E-state index contributed by atoms with van der Waals surface area (Å²) in [4.78, 5) is 60.4. The van der Waals surface area contributed by atoms with Gasteiger partial charge in [-0.2, -0.15) is 0 Å². The van der Waals surface area contributed by atoms with Crippen LogP contribution in [-0.4, -0.2) is 74.8 Å². The van der Waals surface area contributed by atoms with Gasteiger partial charge < -0.3 is 25.0 Å². The second-order valence-corrected chi connectivity index (χ2v) is 10.8. The molecule has 3 amide bonds. The van der Waals surface area contributed by atoms with Crippen molar-refractivity contribution in [2.75, 3.05) is 13.1 Å². The van der Waals surface area contributed by atoms with E-state index in [2.05, 4.69) is 10.3 Å². The van der Waals surface area contributed by atoms with Crippen LogP contribution in [0, 0.1) is 0 Å². The topological polar surface area (TPSA) is 129 Å². The van der Waals surface area contributed by atoms with Crippen LogP contribution < -0.4 is 10.1 Å². The lowest BCUT2D eigenvalue weighted by Gasteiger charge is -2.28. The fourth-order valence-corrected chi connectivity index (χ4v) is 5.92. The van der Waals surface area contributed by atoms with Crippen LogP contribution >= 0.6 is 0 Å². The van der Waals surface area contributed by atoms with E-state index in [1.165, 1.54) is 28.1 Å². The SMILES string of the molecule is O=C(NC(Cc1cccc(O)c1)C(=O)N1CCC2C1C(=O)CN2C(=O)c1ccccn1)Oc1ccc(-c2ccccc2)cc1. The van der Waals surface area contributed by atoms with Crippen LogP contribution in [0.25, 0.3) is 11.1 Å². The van der Waals surface area contributed by atoms with Gasteiger partial charge in [0.1, 0.15) is 29.3 Å². The van der Waals surface area contributed by atoms with Gasteiger partial charge in [0.2, 0.25) is 5.91 Å². The molecule has 0 saturated carbocycles. The summed E-state index contributed by atoms with van der Waals surface area (Å²) >= 11 is 0. The Hall–Kier alpha value is -5.51. The number of ether oxygens (including phenoxy) is 1. The molecule has 2 saturated heterocycles. The number of nitrogens with zero attached hydrogens (tertiary/aromatic N) is 3. The molecular formula is C34H30N4O6. The van der Waals surface area contributed by atoms with Crippen LogP contribution in [0.1, 0.15) is 22.5 Å². The van der Waals surface area contributed by atoms with E-state index in [4.69, 9.17) is 4.74 Å². The van der Waals surface area contributed by atoms with Crippen LogP contribution in [0.15, 0.2) is 103 Å². The van der Waals surface area contributed by atoms with E-state index in [-0.39, 0.29) is 42.6 Å². The molecule has 10 heteroatoms. The maximum absolute atomic E-state index is 14.0. The zero-order valence-electron chi connectivity index (χ0n) is 23.7. The van der Waals surface area contributed by atoms with Gasteiger partial charge >= 0.3 is 6.09 Å². The van der Waals surface area contributed by atoms with Crippen molar-refractivity contribution in [3.8, 4) is 22.6 Å². The van der Waals surface area contributed by atoms with Crippen LogP contribution in [0.2, 0.25) is 0 Å². The Bertz CT molecular complexity index is 1680. The summed E-state index contributed by atoms with van der Waals surface area (Å²) in [5, 5.41) is 12.7. The van der Waals surface area contributed by atoms with Crippen LogP contribution in [0.5, 0.6) is 11.5 Å². The molecule has 0 aliphatic carbocycles. The van der Waals surface area contributed by atoms with E-state index in [1.54, 1.807) is 42.5 Å². The molecule has 2 aliphatic rings. The van der Waals surface area contributed by atoms with Gasteiger partial charge in [0, 0.05) is 19.2 Å². The van der Waals surface area contributed by atoms with Crippen molar-refractivity contribution in [2.45, 2.75) is 31.0 Å². The second-order valence-electron chi connectivity index (χ2n) is 10.8. The molecular weight excluding hydrogens is 560 g/mol. The quantitative estimate of drug-likeness (QED) is 0.335. The third kappa shape index (κ3) is 6.00. The highest BCUT2D eigenvalue weighted by Gasteiger charge is 2.52. The molecule has 2 aliphatic heterocycles. The second kappa shape index (κ2) is 12.4. The summed E-state index contributed by atoms with van der Waals surface area (Å²) in [6.07, 6.45) is 1.14. The van der Waals surface area contributed by atoms with Crippen molar-refractivity contribution in [1.29, 1.82) is 0 Å². The van der Waals surface area contributed by atoms with Gasteiger partial charge in [-0.05, 0) is 59.5 Å². The smallest absolute Gasteiger partial charge is 0.413 e. The molecule has 44 heavy (non-hydrogen) atoms. The van der Waals surface area contributed by atoms with Crippen molar-refractivity contribution >= 4 is 23.7 Å².